The minimum absolute atomic E-state index is 0.0203. The van der Waals surface area contributed by atoms with Gasteiger partial charge in [0.05, 0.1) is 27.1 Å². The van der Waals surface area contributed by atoms with E-state index in [0.29, 0.717) is 0 Å². The van der Waals surface area contributed by atoms with Crippen LogP contribution in [0.3, 0.4) is 0 Å². The Hall–Kier alpha value is -2.30. The van der Waals surface area contributed by atoms with Crippen LogP contribution in [-0.4, -0.2) is 25.3 Å². The van der Waals surface area contributed by atoms with Crippen LogP contribution in [0.15, 0.2) is 51.8 Å². The summed E-state index contributed by atoms with van der Waals surface area (Å²) in [7, 11) is -3.89. The molecule has 2 N–H and O–H groups in total. The monoisotopic (exact) mass is 441 g/mol. The van der Waals surface area contributed by atoms with E-state index >= 15 is 0 Å². The Bertz CT molecular complexity index is 945. The molecule has 0 aromatic heterocycles. The Morgan fingerprint density at radius 2 is 1.81 bits per heavy atom. The third-order valence-electron chi connectivity index (χ3n) is 3.61. The van der Waals surface area contributed by atoms with E-state index in [2.05, 4.69) is 26.0 Å². The highest BCUT2D eigenvalue weighted by molar-refractivity contribution is 9.10. The summed E-state index contributed by atoms with van der Waals surface area (Å²) in [5, 5.41) is 13.5. The Labute approximate surface area is 158 Å². The second-order valence-electron chi connectivity index (χ2n) is 5.49. The van der Waals surface area contributed by atoms with Gasteiger partial charge in [-0.15, -0.1) is 0 Å². The van der Waals surface area contributed by atoms with Crippen LogP contribution in [-0.2, 0) is 14.8 Å². The zero-order chi connectivity index (χ0) is 19.5. The second-order valence-corrected chi connectivity index (χ2v) is 8.12. The van der Waals surface area contributed by atoms with Crippen LogP contribution < -0.4 is 10.0 Å². The maximum absolute atomic E-state index is 12.3. The van der Waals surface area contributed by atoms with Crippen LogP contribution in [0.25, 0.3) is 0 Å². The number of nitro benzene ring substituents is 1. The first-order valence-corrected chi connectivity index (χ1v) is 9.72. The lowest BCUT2D eigenvalue weighted by Crippen LogP contribution is -2.41. The molecule has 2 aromatic rings. The molecular weight excluding hydrogens is 426 g/mol. The number of halogens is 1. The number of nitrogens with zero attached hydrogens (tertiary/aromatic N) is 1. The van der Waals surface area contributed by atoms with Crippen molar-refractivity contribution < 1.29 is 18.1 Å². The molecule has 0 fully saturated rings. The zero-order valence-electron chi connectivity index (χ0n) is 13.9. The Morgan fingerprint density at radius 1 is 1.19 bits per heavy atom. The highest BCUT2D eigenvalue weighted by Gasteiger charge is 2.23. The molecule has 0 radical (unpaired) electrons. The van der Waals surface area contributed by atoms with Gasteiger partial charge in [-0.3, -0.25) is 14.9 Å². The van der Waals surface area contributed by atoms with Crippen molar-refractivity contribution in [3.8, 4) is 0 Å². The van der Waals surface area contributed by atoms with Crippen LogP contribution in [0, 0.1) is 17.0 Å². The van der Waals surface area contributed by atoms with Crippen molar-refractivity contribution in [2.45, 2.75) is 24.8 Å². The van der Waals surface area contributed by atoms with E-state index in [1.807, 2.05) is 0 Å². The summed E-state index contributed by atoms with van der Waals surface area (Å²) < 4.78 is 27.7. The number of amides is 1. The van der Waals surface area contributed by atoms with Gasteiger partial charge in [-0.1, -0.05) is 22.0 Å². The number of benzene rings is 2. The molecule has 0 saturated carbocycles. The van der Waals surface area contributed by atoms with Gasteiger partial charge >= 0.3 is 0 Å². The van der Waals surface area contributed by atoms with Gasteiger partial charge in [0.1, 0.15) is 0 Å². The lowest BCUT2D eigenvalue weighted by molar-refractivity contribution is -0.385. The Morgan fingerprint density at radius 3 is 2.38 bits per heavy atom. The fourth-order valence-corrected chi connectivity index (χ4v) is 3.63. The molecule has 2 rings (SSSR count). The van der Waals surface area contributed by atoms with E-state index in [1.54, 1.807) is 12.1 Å². The number of carbonyl (C=O) groups is 1. The summed E-state index contributed by atoms with van der Waals surface area (Å²) >= 11 is 3.22. The lowest BCUT2D eigenvalue weighted by atomic mass is 10.1. The Balaban J connectivity index is 2.14. The first kappa shape index (κ1) is 20.0. The van der Waals surface area contributed by atoms with Gasteiger partial charge in [0.2, 0.25) is 15.9 Å². The van der Waals surface area contributed by atoms with Crippen molar-refractivity contribution in [2.75, 3.05) is 5.32 Å². The molecule has 138 valence electrons. The molecule has 1 atom stereocenters. The summed E-state index contributed by atoms with van der Waals surface area (Å²) in [6.45, 7) is 2.89. The van der Waals surface area contributed by atoms with Crippen LogP contribution >= 0.6 is 15.9 Å². The third-order valence-corrected chi connectivity index (χ3v) is 5.69. The summed E-state index contributed by atoms with van der Waals surface area (Å²) in [6.07, 6.45) is 0. The van der Waals surface area contributed by atoms with Gasteiger partial charge in [0.15, 0.2) is 0 Å². The number of sulfonamides is 1. The average molecular weight is 442 g/mol. The molecule has 2 aromatic carbocycles. The zero-order valence-corrected chi connectivity index (χ0v) is 16.3. The van der Waals surface area contributed by atoms with E-state index in [4.69, 9.17) is 0 Å². The van der Waals surface area contributed by atoms with Crippen molar-refractivity contribution in [2.24, 2.45) is 0 Å². The molecule has 0 saturated heterocycles. The molecule has 0 aliphatic heterocycles. The molecule has 0 bridgehead atoms. The molecular formula is C16H16BrN3O5S. The van der Waals surface area contributed by atoms with Crippen LogP contribution in [0.4, 0.5) is 11.4 Å². The van der Waals surface area contributed by atoms with Gasteiger partial charge in [-0.25, -0.2) is 8.42 Å². The lowest BCUT2D eigenvalue weighted by Gasteiger charge is -2.15. The number of carbonyl (C=O) groups excluding carboxylic acids is 1. The highest BCUT2D eigenvalue weighted by atomic mass is 79.9. The number of rotatable bonds is 6. The maximum Gasteiger partial charge on any atom is 0.274 e. The summed E-state index contributed by atoms with van der Waals surface area (Å²) in [5.41, 5.74) is 0.401. The summed E-state index contributed by atoms with van der Waals surface area (Å²) in [5.74, 6) is -0.630. The number of hydrogen-bond donors (Lipinski definition) is 2. The second kappa shape index (κ2) is 7.94. The predicted octanol–water partition coefficient (Wildman–Crippen LogP) is 2.97. The number of nitrogens with one attached hydrogen (secondary N) is 2. The normalized spacial score (nSPS) is 12.4. The van der Waals surface area contributed by atoms with Crippen molar-refractivity contribution in [1.82, 2.24) is 4.72 Å². The number of anilines is 1. The van der Waals surface area contributed by atoms with Crippen molar-refractivity contribution >= 4 is 43.2 Å². The van der Waals surface area contributed by atoms with Crippen LogP contribution in [0.5, 0.6) is 0 Å². The number of hydrogen-bond acceptors (Lipinski definition) is 5. The average Bonchev–Trinajstić information content (AvgIpc) is 2.56. The summed E-state index contributed by atoms with van der Waals surface area (Å²) in [6, 6.07) is 9.15. The quantitative estimate of drug-likeness (QED) is 0.527. The SMILES string of the molecule is Cc1c(NC(=O)[C@@H](C)NS(=O)(=O)c2ccc(Br)cc2)cccc1[N+](=O)[O-]. The molecule has 0 spiro atoms. The first-order valence-electron chi connectivity index (χ1n) is 7.44. The fraction of sp³-hybridized carbons (Fsp3) is 0.188. The molecule has 0 unspecified atom stereocenters. The summed E-state index contributed by atoms with van der Waals surface area (Å²) in [4.78, 5) is 22.7. The molecule has 8 nitrogen and oxygen atoms in total. The molecule has 0 aliphatic carbocycles. The standard InChI is InChI=1S/C16H16BrN3O5S/c1-10-14(4-3-5-15(10)20(22)23)18-16(21)11(2)19-26(24,25)13-8-6-12(17)7-9-13/h3-9,11,19H,1-2H3,(H,18,21)/t11-/m1/s1. The van der Waals surface area contributed by atoms with Crippen molar-refractivity contribution in [3.63, 3.8) is 0 Å². The maximum atomic E-state index is 12.3. The molecule has 0 aliphatic rings. The molecule has 0 heterocycles. The van der Waals surface area contributed by atoms with Gasteiger partial charge in [0.25, 0.3) is 5.69 Å². The van der Waals surface area contributed by atoms with E-state index < -0.39 is 26.9 Å². The topological polar surface area (TPSA) is 118 Å². The van der Waals surface area contributed by atoms with Gasteiger partial charge in [-0.2, -0.15) is 4.72 Å². The van der Waals surface area contributed by atoms with Crippen molar-refractivity contribution in [1.29, 1.82) is 0 Å². The predicted molar refractivity (Wildman–Crippen MR) is 100 cm³/mol. The minimum atomic E-state index is -3.89. The van der Waals surface area contributed by atoms with Crippen LogP contribution in [0.2, 0.25) is 0 Å². The minimum Gasteiger partial charge on any atom is -0.324 e. The van der Waals surface area contributed by atoms with E-state index in [-0.39, 0.29) is 21.8 Å². The fourth-order valence-electron chi connectivity index (χ4n) is 2.17. The molecule has 26 heavy (non-hydrogen) atoms. The largest absolute Gasteiger partial charge is 0.324 e. The first-order chi connectivity index (χ1) is 12.1. The number of nitro groups is 1. The van der Waals surface area contributed by atoms with E-state index in [0.717, 1.165) is 4.47 Å². The van der Waals surface area contributed by atoms with Gasteiger partial charge < -0.3 is 5.32 Å². The smallest absolute Gasteiger partial charge is 0.274 e. The Kier molecular flexibility index (Phi) is 6.11. The molecule has 1 amide bonds. The van der Waals surface area contributed by atoms with Crippen molar-refractivity contribution in [3.05, 3.63) is 62.6 Å². The molecule has 10 heteroatoms. The van der Waals surface area contributed by atoms with Gasteiger partial charge in [0, 0.05) is 10.5 Å². The van der Waals surface area contributed by atoms with E-state index in [9.17, 15) is 23.3 Å². The third kappa shape index (κ3) is 4.65. The van der Waals surface area contributed by atoms with Gasteiger partial charge in [-0.05, 0) is 44.2 Å². The van der Waals surface area contributed by atoms with Crippen LogP contribution in [0.1, 0.15) is 12.5 Å². The highest BCUT2D eigenvalue weighted by Crippen LogP contribution is 2.25. The van der Waals surface area contributed by atoms with E-state index in [1.165, 1.54) is 44.2 Å².